The Balaban J connectivity index is 4.11. The van der Waals surface area contributed by atoms with Gasteiger partial charge in [0.2, 0.25) is 11.8 Å². The van der Waals surface area contributed by atoms with Crippen LogP contribution >= 0.6 is 0 Å². The molecule has 0 rings (SSSR count). The van der Waals surface area contributed by atoms with Crippen LogP contribution in [0.25, 0.3) is 0 Å². The first kappa shape index (κ1) is 16.2. The Labute approximate surface area is 106 Å². The van der Waals surface area contributed by atoms with Crippen molar-refractivity contribution in [2.24, 2.45) is 22.2 Å². The maximum Gasteiger partial charge on any atom is 0.240 e. The van der Waals surface area contributed by atoms with E-state index in [1.54, 1.807) is 0 Å². The first-order valence-electron chi connectivity index (χ1n) is 5.65. The average Bonchev–Trinajstić information content (AvgIpc) is 2.20. The standard InChI is InChI=1S/C10H21N5O3/c1-6(16)5-8(17)15-7(9(11)18)3-2-4-14-10(12)13/h6-7,16H,2-5H2,1H3,(H2,11,18)(H,15,17)(H4,12,13,14)/t6-,7+/m1/s1. The Bertz CT molecular complexity index is 313. The number of nitrogens with one attached hydrogen (secondary N) is 1. The molecule has 8 nitrogen and oxygen atoms in total. The van der Waals surface area contributed by atoms with Gasteiger partial charge in [0.05, 0.1) is 12.5 Å². The number of aliphatic hydroxyl groups excluding tert-OH is 1. The predicted octanol–water partition coefficient (Wildman–Crippen LogP) is -2.22. The van der Waals surface area contributed by atoms with E-state index in [2.05, 4.69) is 10.3 Å². The molecule has 8 heteroatoms. The second-order valence-corrected chi connectivity index (χ2v) is 4.02. The van der Waals surface area contributed by atoms with Crippen LogP contribution in [0, 0.1) is 0 Å². The van der Waals surface area contributed by atoms with Gasteiger partial charge in [-0.05, 0) is 19.8 Å². The molecule has 0 aliphatic rings. The fourth-order valence-electron chi connectivity index (χ4n) is 1.31. The van der Waals surface area contributed by atoms with Gasteiger partial charge in [-0.15, -0.1) is 0 Å². The number of nitrogens with two attached hydrogens (primary N) is 3. The molecule has 2 atom stereocenters. The fraction of sp³-hybridized carbons (Fsp3) is 0.700. The molecule has 0 saturated heterocycles. The molecule has 0 fully saturated rings. The molecule has 2 amide bonds. The Morgan fingerprint density at radius 2 is 1.94 bits per heavy atom. The zero-order valence-electron chi connectivity index (χ0n) is 10.4. The molecule has 0 bridgehead atoms. The normalized spacial score (nSPS) is 13.4. The molecule has 0 heterocycles. The lowest BCUT2D eigenvalue weighted by atomic mass is 10.1. The van der Waals surface area contributed by atoms with E-state index in [0.29, 0.717) is 19.4 Å². The van der Waals surface area contributed by atoms with Crippen LogP contribution in [-0.4, -0.2) is 41.6 Å². The van der Waals surface area contributed by atoms with Crippen molar-refractivity contribution in [1.29, 1.82) is 0 Å². The second-order valence-electron chi connectivity index (χ2n) is 4.02. The summed E-state index contributed by atoms with van der Waals surface area (Å²) in [4.78, 5) is 26.2. The van der Waals surface area contributed by atoms with Gasteiger partial charge in [0.15, 0.2) is 5.96 Å². The van der Waals surface area contributed by atoms with Gasteiger partial charge in [-0.3, -0.25) is 14.6 Å². The number of hydrogen-bond acceptors (Lipinski definition) is 4. The number of aliphatic hydroxyl groups is 1. The quantitative estimate of drug-likeness (QED) is 0.189. The molecule has 104 valence electrons. The van der Waals surface area contributed by atoms with Gasteiger partial charge in [-0.1, -0.05) is 0 Å². The van der Waals surface area contributed by atoms with Gasteiger partial charge >= 0.3 is 0 Å². The number of primary amides is 1. The van der Waals surface area contributed by atoms with Crippen LogP contribution in [0.5, 0.6) is 0 Å². The molecule has 0 aliphatic carbocycles. The minimum atomic E-state index is -0.773. The van der Waals surface area contributed by atoms with Gasteiger partial charge in [-0.25, -0.2) is 0 Å². The minimum absolute atomic E-state index is 0.0243. The van der Waals surface area contributed by atoms with E-state index in [1.807, 2.05) is 0 Å². The summed E-state index contributed by atoms with van der Waals surface area (Å²) in [6.07, 6.45) is 0.0238. The molecule has 0 aromatic carbocycles. The lowest BCUT2D eigenvalue weighted by Gasteiger charge is -2.15. The summed E-state index contributed by atoms with van der Waals surface area (Å²) in [5.41, 5.74) is 15.4. The van der Waals surface area contributed by atoms with E-state index in [0.717, 1.165) is 0 Å². The minimum Gasteiger partial charge on any atom is -0.393 e. The van der Waals surface area contributed by atoms with E-state index in [4.69, 9.17) is 22.3 Å². The highest BCUT2D eigenvalue weighted by molar-refractivity contribution is 5.86. The third-order valence-electron chi connectivity index (χ3n) is 2.10. The van der Waals surface area contributed by atoms with Crippen molar-refractivity contribution >= 4 is 17.8 Å². The largest absolute Gasteiger partial charge is 0.393 e. The molecular formula is C10H21N5O3. The highest BCUT2D eigenvalue weighted by atomic mass is 16.3. The summed E-state index contributed by atoms with van der Waals surface area (Å²) in [5, 5.41) is 11.5. The van der Waals surface area contributed by atoms with E-state index in [-0.39, 0.29) is 12.4 Å². The summed E-state index contributed by atoms with van der Waals surface area (Å²) in [7, 11) is 0. The SMILES string of the molecule is C[C@@H](O)CC(=O)N[C@@H](CCCN=C(N)N)C(N)=O. The van der Waals surface area contributed by atoms with Crippen molar-refractivity contribution in [3.05, 3.63) is 0 Å². The van der Waals surface area contributed by atoms with Crippen LogP contribution in [0.1, 0.15) is 26.2 Å². The summed E-state index contributed by atoms with van der Waals surface area (Å²) < 4.78 is 0. The third kappa shape index (κ3) is 8.34. The van der Waals surface area contributed by atoms with Crippen LogP contribution in [0.3, 0.4) is 0 Å². The second kappa shape index (κ2) is 8.29. The van der Waals surface area contributed by atoms with Crippen molar-refractivity contribution in [3.63, 3.8) is 0 Å². The topological polar surface area (TPSA) is 157 Å². The van der Waals surface area contributed by atoms with Gasteiger partial charge in [0.25, 0.3) is 0 Å². The lowest BCUT2D eigenvalue weighted by molar-refractivity contribution is -0.128. The Kier molecular flexibility index (Phi) is 7.45. The molecular weight excluding hydrogens is 238 g/mol. The van der Waals surface area contributed by atoms with Gasteiger partial charge < -0.3 is 27.6 Å². The number of nitrogens with zero attached hydrogens (tertiary/aromatic N) is 1. The van der Waals surface area contributed by atoms with E-state index in [1.165, 1.54) is 6.92 Å². The van der Waals surface area contributed by atoms with Crippen molar-refractivity contribution in [2.45, 2.75) is 38.3 Å². The van der Waals surface area contributed by atoms with E-state index in [9.17, 15) is 9.59 Å². The van der Waals surface area contributed by atoms with E-state index < -0.39 is 24.0 Å². The zero-order chi connectivity index (χ0) is 14.1. The van der Waals surface area contributed by atoms with Crippen molar-refractivity contribution < 1.29 is 14.7 Å². The monoisotopic (exact) mass is 259 g/mol. The maximum absolute atomic E-state index is 11.4. The third-order valence-corrected chi connectivity index (χ3v) is 2.10. The summed E-state index contributed by atoms with van der Waals surface area (Å²) in [6.45, 7) is 1.84. The molecule has 0 radical (unpaired) electrons. The molecule has 0 aliphatic heterocycles. The van der Waals surface area contributed by atoms with Gasteiger partial charge in [-0.2, -0.15) is 0 Å². The lowest BCUT2D eigenvalue weighted by Crippen LogP contribution is -2.45. The van der Waals surface area contributed by atoms with Crippen molar-refractivity contribution in [3.8, 4) is 0 Å². The highest BCUT2D eigenvalue weighted by Gasteiger charge is 2.18. The Morgan fingerprint density at radius 3 is 2.39 bits per heavy atom. The van der Waals surface area contributed by atoms with Gasteiger partial charge in [0.1, 0.15) is 6.04 Å². The zero-order valence-corrected chi connectivity index (χ0v) is 10.4. The molecule has 0 spiro atoms. The summed E-state index contributed by atoms with van der Waals surface area (Å²) in [6, 6.07) is -0.773. The molecule has 8 N–H and O–H groups in total. The number of hydrogen-bond donors (Lipinski definition) is 5. The van der Waals surface area contributed by atoms with Crippen molar-refractivity contribution in [1.82, 2.24) is 5.32 Å². The first-order chi connectivity index (χ1) is 8.32. The van der Waals surface area contributed by atoms with Gasteiger partial charge in [0, 0.05) is 6.54 Å². The molecule has 0 unspecified atom stereocenters. The number of carbonyl (C=O) groups is 2. The smallest absolute Gasteiger partial charge is 0.240 e. The van der Waals surface area contributed by atoms with Crippen LogP contribution in [0.4, 0.5) is 0 Å². The Hall–Kier alpha value is -1.83. The van der Waals surface area contributed by atoms with E-state index >= 15 is 0 Å². The fourth-order valence-corrected chi connectivity index (χ4v) is 1.31. The highest BCUT2D eigenvalue weighted by Crippen LogP contribution is 1.99. The number of guanidine groups is 1. The van der Waals surface area contributed by atoms with Crippen LogP contribution in [-0.2, 0) is 9.59 Å². The molecule has 0 aromatic rings. The molecule has 18 heavy (non-hydrogen) atoms. The van der Waals surface area contributed by atoms with Crippen LogP contribution in [0.2, 0.25) is 0 Å². The van der Waals surface area contributed by atoms with Crippen LogP contribution in [0.15, 0.2) is 4.99 Å². The van der Waals surface area contributed by atoms with Crippen LogP contribution < -0.4 is 22.5 Å². The average molecular weight is 259 g/mol. The molecule has 0 saturated carbocycles. The number of rotatable bonds is 8. The summed E-state index contributed by atoms with van der Waals surface area (Å²) in [5.74, 6) is -1.07. The summed E-state index contributed by atoms with van der Waals surface area (Å²) >= 11 is 0. The maximum atomic E-state index is 11.4. The number of amides is 2. The number of aliphatic imine (C=N–C) groups is 1. The predicted molar refractivity (Wildman–Crippen MR) is 67.3 cm³/mol. The molecule has 0 aromatic heterocycles. The first-order valence-corrected chi connectivity index (χ1v) is 5.65. The Morgan fingerprint density at radius 1 is 1.33 bits per heavy atom. The number of carbonyl (C=O) groups excluding carboxylic acids is 2. The van der Waals surface area contributed by atoms with Crippen molar-refractivity contribution in [2.75, 3.05) is 6.54 Å².